The molecule has 0 N–H and O–H groups in total. The van der Waals surface area contributed by atoms with Crippen LogP contribution in [-0.2, 0) is 5.88 Å². The summed E-state index contributed by atoms with van der Waals surface area (Å²) in [5.41, 5.74) is 1.48. The number of hydrogen-bond donors (Lipinski definition) is 0. The van der Waals surface area contributed by atoms with Gasteiger partial charge in [-0.2, -0.15) is 0 Å². The van der Waals surface area contributed by atoms with Gasteiger partial charge in [-0.05, 0) is 18.6 Å². The van der Waals surface area contributed by atoms with Gasteiger partial charge in [0.2, 0.25) is 0 Å². The third-order valence-electron chi connectivity index (χ3n) is 1.71. The lowest BCUT2D eigenvalue weighted by Gasteiger charge is -2.02. The molecule has 70 valence electrons. The Balaban J connectivity index is 3.30. The second-order valence-electron chi connectivity index (χ2n) is 2.62. The molecule has 0 atom stereocenters. The van der Waals surface area contributed by atoms with Crippen LogP contribution in [0.25, 0.3) is 0 Å². The molecule has 0 radical (unpaired) electrons. The van der Waals surface area contributed by atoms with Crippen LogP contribution in [0, 0.1) is 17.0 Å². The van der Waals surface area contributed by atoms with Crippen molar-refractivity contribution in [1.82, 2.24) is 0 Å². The van der Waals surface area contributed by atoms with Crippen molar-refractivity contribution in [2.45, 2.75) is 12.8 Å². The lowest BCUT2D eigenvalue weighted by atomic mass is 10.1. The molecule has 0 saturated heterocycles. The molecule has 0 aliphatic heterocycles. The third-order valence-corrected chi connectivity index (χ3v) is 2.73. The van der Waals surface area contributed by atoms with E-state index >= 15 is 0 Å². The van der Waals surface area contributed by atoms with E-state index < -0.39 is 4.92 Å². The molecule has 0 spiro atoms. The summed E-state index contributed by atoms with van der Waals surface area (Å²) in [5, 5.41) is 10.5. The number of aryl methyl sites for hydroxylation is 1. The number of benzene rings is 1. The first-order chi connectivity index (χ1) is 6.06. The summed E-state index contributed by atoms with van der Waals surface area (Å²) in [6, 6.07) is 3.20. The van der Waals surface area contributed by atoms with Gasteiger partial charge in [0.05, 0.1) is 4.92 Å². The summed E-state index contributed by atoms with van der Waals surface area (Å²) in [5.74, 6) is 0.266. The van der Waals surface area contributed by atoms with Crippen molar-refractivity contribution >= 4 is 33.2 Å². The van der Waals surface area contributed by atoms with Crippen molar-refractivity contribution in [2.24, 2.45) is 0 Å². The van der Waals surface area contributed by atoms with E-state index in [0.717, 1.165) is 10.0 Å². The number of rotatable bonds is 2. The summed E-state index contributed by atoms with van der Waals surface area (Å²) in [6.45, 7) is 1.70. The molecule has 0 fully saturated rings. The van der Waals surface area contributed by atoms with Crippen LogP contribution >= 0.6 is 27.5 Å². The number of hydrogen-bond acceptors (Lipinski definition) is 2. The van der Waals surface area contributed by atoms with Crippen molar-refractivity contribution < 1.29 is 4.92 Å². The van der Waals surface area contributed by atoms with E-state index in [1.807, 2.05) is 0 Å². The summed E-state index contributed by atoms with van der Waals surface area (Å²) >= 11 is 8.89. The molecule has 13 heavy (non-hydrogen) atoms. The molecule has 0 aliphatic rings. The van der Waals surface area contributed by atoms with Crippen molar-refractivity contribution in [2.75, 3.05) is 0 Å². The highest BCUT2D eigenvalue weighted by molar-refractivity contribution is 9.10. The zero-order chi connectivity index (χ0) is 10.0. The second kappa shape index (κ2) is 4.07. The van der Waals surface area contributed by atoms with Crippen LogP contribution in [0.5, 0.6) is 0 Å². The predicted molar refractivity (Wildman–Crippen MR) is 55.1 cm³/mol. The van der Waals surface area contributed by atoms with Crippen molar-refractivity contribution in [3.05, 3.63) is 37.8 Å². The molecule has 0 bridgehead atoms. The molecule has 5 heteroatoms. The van der Waals surface area contributed by atoms with Crippen LogP contribution in [0.3, 0.4) is 0 Å². The molecule has 1 aromatic rings. The second-order valence-corrected chi connectivity index (χ2v) is 3.74. The maximum absolute atomic E-state index is 10.5. The number of nitro benzene ring substituents is 1. The average Bonchev–Trinajstić information content (AvgIpc) is 2.03. The zero-order valence-corrected chi connectivity index (χ0v) is 9.22. The van der Waals surface area contributed by atoms with Crippen LogP contribution in [0.1, 0.15) is 11.1 Å². The molecule has 3 nitrogen and oxygen atoms in total. The molecule has 0 unspecified atom stereocenters. The van der Waals surface area contributed by atoms with Gasteiger partial charge < -0.3 is 0 Å². The van der Waals surface area contributed by atoms with Gasteiger partial charge in [-0.1, -0.05) is 15.9 Å². The summed E-state index contributed by atoms with van der Waals surface area (Å²) in [6.07, 6.45) is 0. The Bertz CT molecular complexity index is 354. The fourth-order valence-electron chi connectivity index (χ4n) is 1.00. The Morgan fingerprint density at radius 2 is 2.23 bits per heavy atom. The van der Waals surface area contributed by atoms with E-state index in [2.05, 4.69) is 15.9 Å². The molecule has 0 aromatic heterocycles. The summed E-state index contributed by atoms with van der Waals surface area (Å²) in [4.78, 5) is 10.1. The smallest absolute Gasteiger partial charge is 0.258 e. The third kappa shape index (κ3) is 2.19. The number of nitro groups is 1. The first-order valence-corrected chi connectivity index (χ1v) is 4.88. The van der Waals surface area contributed by atoms with Crippen LogP contribution in [0.15, 0.2) is 16.6 Å². The van der Waals surface area contributed by atoms with E-state index in [9.17, 15) is 10.1 Å². The summed E-state index contributed by atoms with van der Waals surface area (Å²) in [7, 11) is 0. The molecule has 0 aliphatic carbocycles. The minimum absolute atomic E-state index is 0.110. The zero-order valence-electron chi connectivity index (χ0n) is 6.88. The predicted octanol–water partition coefficient (Wildman–Crippen LogP) is 3.40. The van der Waals surface area contributed by atoms with Gasteiger partial charge in [0.25, 0.3) is 5.69 Å². The van der Waals surface area contributed by atoms with Crippen molar-refractivity contribution in [3.63, 3.8) is 0 Å². The monoisotopic (exact) mass is 263 g/mol. The normalized spacial score (nSPS) is 10.1. The lowest BCUT2D eigenvalue weighted by Crippen LogP contribution is -1.93. The first kappa shape index (κ1) is 10.5. The van der Waals surface area contributed by atoms with Crippen LogP contribution in [0.4, 0.5) is 5.69 Å². The minimum Gasteiger partial charge on any atom is -0.258 e. The molecular weight excluding hydrogens is 257 g/mol. The maximum atomic E-state index is 10.5. The minimum atomic E-state index is -0.405. The Labute approximate surface area is 89.0 Å². The number of alkyl halides is 1. The highest BCUT2D eigenvalue weighted by Crippen LogP contribution is 2.27. The van der Waals surface area contributed by atoms with E-state index in [0.29, 0.717) is 5.56 Å². The highest BCUT2D eigenvalue weighted by atomic mass is 79.9. The van der Waals surface area contributed by atoms with E-state index in [1.165, 1.54) is 6.07 Å². The van der Waals surface area contributed by atoms with E-state index in [4.69, 9.17) is 11.6 Å². The van der Waals surface area contributed by atoms with Crippen molar-refractivity contribution in [1.29, 1.82) is 0 Å². The molecule has 0 amide bonds. The SMILES string of the molecule is Cc1cc(Br)c(CCl)cc1[N+](=O)[O-]. The lowest BCUT2D eigenvalue weighted by molar-refractivity contribution is -0.385. The molecule has 1 aromatic carbocycles. The van der Waals surface area contributed by atoms with Gasteiger partial charge in [-0.25, -0.2) is 0 Å². The largest absolute Gasteiger partial charge is 0.272 e. The fourth-order valence-corrected chi connectivity index (χ4v) is 1.98. The van der Waals surface area contributed by atoms with Gasteiger partial charge in [-0.15, -0.1) is 11.6 Å². The number of nitrogens with zero attached hydrogens (tertiary/aromatic N) is 1. The Morgan fingerprint density at radius 1 is 1.62 bits per heavy atom. The van der Waals surface area contributed by atoms with Gasteiger partial charge >= 0.3 is 0 Å². The van der Waals surface area contributed by atoms with Gasteiger partial charge in [0.15, 0.2) is 0 Å². The highest BCUT2D eigenvalue weighted by Gasteiger charge is 2.13. The van der Waals surface area contributed by atoms with Crippen LogP contribution in [-0.4, -0.2) is 4.92 Å². The van der Waals surface area contributed by atoms with Crippen molar-refractivity contribution in [3.8, 4) is 0 Å². The Kier molecular flexibility index (Phi) is 3.27. The Hall–Kier alpha value is -0.610. The van der Waals surface area contributed by atoms with E-state index in [-0.39, 0.29) is 11.6 Å². The standard InChI is InChI=1S/C8H7BrClNO2/c1-5-2-7(9)6(4-10)3-8(5)11(12)13/h2-3H,4H2,1H3. The van der Waals surface area contributed by atoms with Gasteiger partial charge in [-0.3, -0.25) is 10.1 Å². The Morgan fingerprint density at radius 3 is 2.69 bits per heavy atom. The van der Waals surface area contributed by atoms with E-state index in [1.54, 1.807) is 13.0 Å². The average molecular weight is 265 g/mol. The fraction of sp³-hybridized carbons (Fsp3) is 0.250. The van der Waals surface area contributed by atoms with Crippen LogP contribution < -0.4 is 0 Å². The maximum Gasteiger partial charge on any atom is 0.272 e. The quantitative estimate of drug-likeness (QED) is 0.467. The van der Waals surface area contributed by atoms with Gasteiger partial charge in [0.1, 0.15) is 0 Å². The first-order valence-electron chi connectivity index (χ1n) is 3.55. The van der Waals surface area contributed by atoms with Crippen LogP contribution in [0.2, 0.25) is 0 Å². The molecule has 0 heterocycles. The topological polar surface area (TPSA) is 43.1 Å². The number of halogens is 2. The molecule has 1 rings (SSSR count). The molecular formula is C8H7BrClNO2. The summed E-state index contributed by atoms with van der Waals surface area (Å²) < 4.78 is 0.811. The van der Waals surface area contributed by atoms with Gasteiger partial charge in [0, 0.05) is 22.0 Å². The molecule has 0 saturated carbocycles.